The van der Waals surface area contributed by atoms with Gasteiger partial charge in [-0.2, -0.15) is 5.10 Å². The number of aryl methyl sites for hydroxylation is 1. The van der Waals surface area contributed by atoms with Crippen molar-refractivity contribution in [3.05, 3.63) is 44.6 Å². The fourth-order valence-corrected chi connectivity index (χ4v) is 1.88. The van der Waals surface area contributed by atoms with Crippen molar-refractivity contribution < 1.29 is 4.92 Å². The highest BCUT2D eigenvalue weighted by molar-refractivity contribution is 6.33. The van der Waals surface area contributed by atoms with Crippen LogP contribution >= 0.6 is 11.6 Å². The van der Waals surface area contributed by atoms with Crippen molar-refractivity contribution in [1.82, 2.24) is 10.2 Å². The first kappa shape index (κ1) is 13.2. The number of hydrogen-bond donors (Lipinski definition) is 3. The van der Waals surface area contributed by atoms with Gasteiger partial charge in [-0.15, -0.1) is 0 Å². The molecule has 1 aromatic heterocycles. The molecule has 7 nitrogen and oxygen atoms in total. The van der Waals surface area contributed by atoms with Crippen molar-refractivity contribution in [2.24, 2.45) is 0 Å². The fourth-order valence-electron chi connectivity index (χ4n) is 1.65. The molecule has 0 radical (unpaired) electrons. The molecule has 0 bridgehead atoms. The SMILES string of the molecule is Cc1cc([N+](=O)[O-])c(Cl)cc1NCc1cn[nH]c1N. The monoisotopic (exact) mass is 281 g/mol. The minimum absolute atomic E-state index is 0.0956. The summed E-state index contributed by atoms with van der Waals surface area (Å²) in [6, 6.07) is 2.97. The van der Waals surface area contributed by atoms with Crippen LogP contribution in [-0.4, -0.2) is 15.1 Å². The van der Waals surface area contributed by atoms with Gasteiger partial charge < -0.3 is 11.1 Å². The van der Waals surface area contributed by atoms with Gasteiger partial charge in [0, 0.05) is 23.9 Å². The van der Waals surface area contributed by atoms with Crippen molar-refractivity contribution in [3.8, 4) is 0 Å². The van der Waals surface area contributed by atoms with E-state index in [4.69, 9.17) is 17.3 Å². The molecule has 0 saturated heterocycles. The molecule has 100 valence electrons. The Morgan fingerprint density at radius 3 is 2.89 bits per heavy atom. The van der Waals surface area contributed by atoms with E-state index >= 15 is 0 Å². The highest BCUT2D eigenvalue weighted by atomic mass is 35.5. The lowest BCUT2D eigenvalue weighted by atomic mass is 10.1. The Labute approximate surface area is 113 Å². The molecule has 0 aliphatic heterocycles. The standard InChI is InChI=1S/C11H12ClN5O2/c1-6-2-10(17(18)19)8(12)3-9(6)14-4-7-5-15-16-11(7)13/h2-3,5,14H,4H2,1H3,(H3,13,15,16). The minimum atomic E-state index is -0.507. The Hall–Kier alpha value is -2.28. The van der Waals surface area contributed by atoms with Gasteiger partial charge in [-0.1, -0.05) is 11.6 Å². The van der Waals surface area contributed by atoms with Crippen LogP contribution in [0.4, 0.5) is 17.2 Å². The Bertz CT molecular complexity index is 626. The highest BCUT2D eigenvalue weighted by Gasteiger charge is 2.15. The summed E-state index contributed by atoms with van der Waals surface area (Å²) >= 11 is 5.86. The number of halogens is 1. The summed E-state index contributed by atoms with van der Waals surface area (Å²) in [5.41, 5.74) is 7.83. The molecule has 0 aliphatic carbocycles. The van der Waals surface area contributed by atoms with E-state index in [-0.39, 0.29) is 10.7 Å². The van der Waals surface area contributed by atoms with Crippen LogP contribution in [-0.2, 0) is 6.54 Å². The first-order valence-electron chi connectivity index (χ1n) is 5.45. The van der Waals surface area contributed by atoms with Gasteiger partial charge in [0.2, 0.25) is 0 Å². The summed E-state index contributed by atoms with van der Waals surface area (Å²) in [6.45, 7) is 2.22. The molecule has 1 heterocycles. The van der Waals surface area contributed by atoms with Gasteiger partial charge >= 0.3 is 0 Å². The maximum absolute atomic E-state index is 10.7. The molecule has 2 rings (SSSR count). The van der Waals surface area contributed by atoms with Gasteiger partial charge in [0.25, 0.3) is 5.69 Å². The van der Waals surface area contributed by atoms with E-state index in [1.165, 1.54) is 12.1 Å². The van der Waals surface area contributed by atoms with Crippen LogP contribution in [0.15, 0.2) is 18.3 Å². The number of nitro groups is 1. The summed E-state index contributed by atoms with van der Waals surface area (Å²) in [4.78, 5) is 10.2. The van der Waals surface area contributed by atoms with E-state index in [0.29, 0.717) is 12.4 Å². The molecule has 0 aliphatic rings. The molecule has 0 spiro atoms. The van der Waals surface area contributed by atoms with Crippen LogP contribution in [0.2, 0.25) is 5.02 Å². The predicted octanol–water partition coefficient (Wildman–Crippen LogP) is 2.47. The van der Waals surface area contributed by atoms with E-state index in [1.54, 1.807) is 13.1 Å². The van der Waals surface area contributed by atoms with Crippen LogP contribution in [0.5, 0.6) is 0 Å². The average Bonchev–Trinajstić information content (AvgIpc) is 2.75. The normalized spacial score (nSPS) is 10.4. The third kappa shape index (κ3) is 2.76. The number of hydrogen-bond acceptors (Lipinski definition) is 5. The molecule has 0 fully saturated rings. The quantitative estimate of drug-likeness (QED) is 0.589. The van der Waals surface area contributed by atoms with Gasteiger partial charge in [-0.05, 0) is 18.6 Å². The Morgan fingerprint density at radius 2 is 2.32 bits per heavy atom. The number of nitrogen functional groups attached to an aromatic ring is 1. The third-order valence-electron chi connectivity index (χ3n) is 2.71. The maximum Gasteiger partial charge on any atom is 0.288 e. The van der Waals surface area contributed by atoms with Crippen molar-refractivity contribution in [3.63, 3.8) is 0 Å². The van der Waals surface area contributed by atoms with Gasteiger partial charge in [-0.3, -0.25) is 15.2 Å². The number of nitrogens with one attached hydrogen (secondary N) is 2. The molecule has 0 saturated carbocycles. The van der Waals surface area contributed by atoms with Crippen LogP contribution in [0.3, 0.4) is 0 Å². The van der Waals surface area contributed by atoms with Gasteiger partial charge in [-0.25, -0.2) is 0 Å². The van der Waals surface area contributed by atoms with Gasteiger partial charge in [0.05, 0.1) is 11.1 Å². The molecule has 0 unspecified atom stereocenters. The first-order chi connectivity index (χ1) is 8.99. The van der Waals surface area contributed by atoms with Crippen LogP contribution in [0, 0.1) is 17.0 Å². The minimum Gasteiger partial charge on any atom is -0.384 e. The summed E-state index contributed by atoms with van der Waals surface area (Å²) in [7, 11) is 0. The van der Waals surface area contributed by atoms with Gasteiger partial charge in [0.15, 0.2) is 0 Å². The Kier molecular flexibility index (Phi) is 3.57. The van der Waals surface area contributed by atoms with Crippen molar-refractivity contribution in [2.75, 3.05) is 11.1 Å². The largest absolute Gasteiger partial charge is 0.384 e. The lowest BCUT2D eigenvalue weighted by Crippen LogP contribution is -2.03. The van der Waals surface area contributed by atoms with E-state index in [0.717, 1.165) is 16.8 Å². The summed E-state index contributed by atoms with van der Waals surface area (Å²) in [6.07, 6.45) is 1.62. The number of aromatic amines is 1. The summed E-state index contributed by atoms with van der Waals surface area (Å²) in [5.74, 6) is 0.484. The van der Waals surface area contributed by atoms with Crippen LogP contribution in [0.25, 0.3) is 0 Å². The zero-order chi connectivity index (χ0) is 14.0. The second-order valence-corrected chi connectivity index (χ2v) is 4.45. The molecular formula is C11H12ClN5O2. The molecule has 19 heavy (non-hydrogen) atoms. The summed E-state index contributed by atoms with van der Waals surface area (Å²) < 4.78 is 0. The molecule has 1 aromatic carbocycles. The maximum atomic E-state index is 10.7. The van der Waals surface area contributed by atoms with E-state index in [1.807, 2.05) is 0 Å². The topological polar surface area (TPSA) is 110 Å². The van der Waals surface area contributed by atoms with E-state index in [2.05, 4.69) is 15.5 Å². The number of benzene rings is 1. The average molecular weight is 282 g/mol. The second-order valence-electron chi connectivity index (χ2n) is 4.04. The number of aromatic nitrogens is 2. The molecule has 8 heteroatoms. The number of H-pyrrole nitrogens is 1. The van der Waals surface area contributed by atoms with Crippen molar-refractivity contribution >= 4 is 28.8 Å². The smallest absolute Gasteiger partial charge is 0.288 e. The Morgan fingerprint density at radius 1 is 1.58 bits per heavy atom. The molecule has 4 N–H and O–H groups in total. The first-order valence-corrected chi connectivity index (χ1v) is 5.83. The van der Waals surface area contributed by atoms with Gasteiger partial charge in [0.1, 0.15) is 10.8 Å². The summed E-state index contributed by atoms with van der Waals surface area (Å²) in [5, 5.41) is 20.4. The number of nitrogens with zero attached hydrogens (tertiary/aromatic N) is 2. The predicted molar refractivity (Wildman–Crippen MR) is 73.2 cm³/mol. The van der Waals surface area contributed by atoms with Crippen LogP contribution < -0.4 is 11.1 Å². The second kappa shape index (κ2) is 5.15. The fraction of sp³-hybridized carbons (Fsp3) is 0.182. The number of rotatable bonds is 4. The lowest BCUT2D eigenvalue weighted by molar-refractivity contribution is -0.384. The highest BCUT2D eigenvalue weighted by Crippen LogP contribution is 2.30. The third-order valence-corrected chi connectivity index (χ3v) is 3.01. The molecule has 0 atom stereocenters. The number of anilines is 2. The molecule has 0 amide bonds. The number of nitro benzene ring substituents is 1. The van der Waals surface area contributed by atoms with Crippen molar-refractivity contribution in [2.45, 2.75) is 13.5 Å². The zero-order valence-corrected chi connectivity index (χ0v) is 10.9. The molecular weight excluding hydrogens is 270 g/mol. The number of nitrogens with two attached hydrogens (primary N) is 1. The van der Waals surface area contributed by atoms with Crippen molar-refractivity contribution in [1.29, 1.82) is 0 Å². The lowest BCUT2D eigenvalue weighted by Gasteiger charge is -2.09. The van der Waals surface area contributed by atoms with Crippen LogP contribution in [0.1, 0.15) is 11.1 Å². The van der Waals surface area contributed by atoms with E-state index < -0.39 is 4.92 Å². The molecule has 2 aromatic rings. The Balaban J connectivity index is 2.20. The van der Waals surface area contributed by atoms with E-state index in [9.17, 15) is 10.1 Å². The zero-order valence-electron chi connectivity index (χ0n) is 10.1.